The normalized spacial score (nSPS) is 14.2. The Morgan fingerprint density at radius 2 is 1.79 bits per heavy atom. The lowest BCUT2D eigenvalue weighted by Gasteiger charge is -2.27. The van der Waals surface area contributed by atoms with E-state index in [0.29, 0.717) is 35.9 Å². The molecule has 1 aromatic carbocycles. The molecule has 5 rings (SSSR count). The van der Waals surface area contributed by atoms with Crippen LogP contribution in [-0.2, 0) is 17.9 Å². The zero-order chi connectivity index (χ0) is 22.8. The number of pyridine rings is 1. The molecular formula is C25H25N3O5. The fraction of sp³-hybridized carbons (Fsp3) is 0.320. The lowest BCUT2D eigenvalue weighted by molar-refractivity contribution is -0.133. The van der Waals surface area contributed by atoms with Crippen molar-refractivity contribution in [2.45, 2.75) is 38.9 Å². The molecule has 3 aromatic rings. The number of benzene rings is 1. The van der Waals surface area contributed by atoms with E-state index in [1.807, 2.05) is 37.3 Å². The van der Waals surface area contributed by atoms with Gasteiger partial charge in [0.25, 0.3) is 5.91 Å². The number of amides is 2. The molecule has 170 valence electrons. The molecular weight excluding hydrogens is 422 g/mol. The van der Waals surface area contributed by atoms with Crippen molar-refractivity contribution in [1.29, 1.82) is 0 Å². The third kappa shape index (κ3) is 4.84. The Morgan fingerprint density at radius 1 is 1.00 bits per heavy atom. The predicted octanol–water partition coefficient (Wildman–Crippen LogP) is 3.55. The number of aromatic nitrogens is 1. The maximum absolute atomic E-state index is 13.5. The molecule has 2 aromatic heterocycles. The molecule has 0 atom stereocenters. The zero-order valence-electron chi connectivity index (χ0n) is 18.4. The molecule has 3 heterocycles. The summed E-state index contributed by atoms with van der Waals surface area (Å²) in [6.45, 7) is 2.74. The Bertz CT molecular complexity index is 1160. The summed E-state index contributed by atoms with van der Waals surface area (Å²) in [5, 5.41) is 0. The second-order valence-corrected chi connectivity index (χ2v) is 8.35. The minimum atomic E-state index is -0.148. The van der Waals surface area contributed by atoms with Crippen LogP contribution in [0.1, 0.15) is 40.3 Å². The minimum Gasteiger partial charge on any atom is -0.464 e. The lowest BCUT2D eigenvalue weighted by atomic mass is 10.1. The Balaban J connectivity index is 1.36. The first kappa shape index (κ1) is 21.1. The van der Waals surface area contributed by atoms with Crippen molar-refractivity contribution in [3.8, 4) is 11.5 Å². The highest BCUT2D eigenvalue weighted by atomic mass is 16.7. The summed E-state index contributed by atoms with van der Waals surface area (Å²) in [5.74, 6) is 2.55. The molecule has 1 saturated carbocycles. The van der Waals surface area contributed by atoms with Gasteiger partial charge in [-0.15, -0.1) is 0 Å². The summed E-state index contributed by atoms with van der Waals surface area (Å²) in [4.78, 5) is 34.0. The van der Waals surface area contributed by atoms with Crippen molar-refractivity contribution < 1.29 is 23.5 Å². The summed E-state index contributed by atoms with van der Waals surface area (Å²) in [6.07, 6.45) is 4.99. The molecule has 0 spiro atoms. The highest BCUT2D eigenvalue weighted by Gasteiger charge is 2.35. The van der Waals surface area contributed by atoms with Gasteiger partial charge in [-0.3, -0.25) is 14.6 Å². The van der Waals surface area contributed by atoms with Crippen molar-refractivity contribution in [1.82, 2.24) is 14.8 Å². The number of furan rings is 1. The number of hydrogen-bond donors (Lipinski definition) is 0. The molecule has 0 radical (unpaired) electrons. The van der Waals surface area contributed by atoms with Crippen LogP contribution in [0.4, 0.5) is 0 Å². The van der Waals surface area contributed by atoms with Crippen LogP contribution >= 0.6 is 0 Å². The largest absolute Gasteiger partial charge is 0.464 e. The van der Waals surface area contributed by atoms with Crippen molar-refractivity contribution in [2.24, 2.45) is 0 Å². The van der Waals surface area contributed by atoms with E-state index in [1.54, 1.807) is 34.3 Å². The van der Waals surface area contributed by atoms with E-state index >= 15 is 0 Å². The van der Waals surface area contributed by atoms with Crippen LogP contribution < -0.4 is 9.47 Å². The highest BCUT2D eigenvalue weighted by Crippen LogP contribution is 2.33. The second kappa shape index (κ2) is 8.97. The van der Waals surface area contributed by atoms with E-state index in [-0.39, 0.29) is 31.2 Å². The first-order chi connectivity index (χ1) is 16.1. The lowest BCUT2D eigenvalue weighted by Crippen LogP contribution is -2.43. The van der Waals surface area contributed by atoms with Gasteiger partial charge in [-0.25, -0.2) is 0 Å². The van der Waals surface area contributed by atoms with Crippen LogP contribution in [0.3, 0.4) is 0 Å². The van der Waals surface area contributed by atoms with E-state index in [9.17, 15) is 9.59 Å². The van der Waals surface area contributed by atoms with Crippen molar-refractivity contribution in [2.75, 3.05) is 13.3 Å². The SMILES string of the molecule is Cc1ccc(CN(Cc2ccc3c(c2)OCO3)C(=O)CN(C(=O)c2ccncc2)C2CC2)o1. The fourth-order valence-electron chi connectivity index (χ4n) is 3.91. The Hall–Kier alpha value is -3.81. The van der Waals surface area contributed by atoms with Crippen LogP contribution in [0, 0.1) is 6.92 Å². The summed E-state index contributed by atoms with van der Waals surface area (Å²) < 4.78 is 16.6. The number of nitrogens with zero attached hydrogens (tertiary/aromatic N) is 3. The highest BCUT2D eigenvalue weighted by molar-refractivity contribution is 5.96. The first-order valence-electron chi connectivity index (χ1n) is 11.0. The van der Waals surface area contributed by atoms with Crippen LogP contribution in [0.5, 0.6) is 11.5 Å². The minimum absolute atomic E-state index is 0.00999. The summed E-state index contributed by atoms with van der Waals surface area (Å²) in [6, 6.07) is 12.8. The van der Waals surface area contributed by atoms with Gasteiger partial charge in [-0.1, -0.05) is 6.07 Å². The molecule has 1 aliphatic heterocycles. The monoisotopic (exact) mass is 447 g/mol. The Kier molecular flexibility index (Phi) is 5.73. The van der Waals surface area contributed by atoms with Crippen molar-refractivity contribution in [3.63, 3.8) is 0 Å². The Labute approximate surface area is 191 Å². The number of hydrogen-bond acceptors (Lipinski definition) is 6. The molecule has 0 saturated heterocycles. The molecule has 1 fully saturated rings. The van der Waals surface area contributed by atoms with Gasteiger partial charge in [-0.2, -0.15) is 0 Å². The maximum atomic E-state index is 13.5. The second-order valence-electron chi connectivity index (χ2n) is 8.35. The van der Waals surface area contributed by atoms with Gasteiger partial charge in [0.2, 0.25) is 12.7 Å². The van der Waals surface area contributed by atoms with E-state index in [2.05, 4.69) is 4.98 Å². The molecule has 33 heavy (non-hydrogen) atoms. The average molecular weight is 447 g/mol. The standard InChI is InChI=1S/C25H25N3O5/c1-17-2-6-21(33-17)14-27(13-18-3-7-22-23(12-18)32-16-31-22)24(29)15-28(20-4-5-20)25(30)19-8-10-26-11-9-19/h2-3,6-12,20H,4-5,13-16H2,1H3. The summed E-state index contributed by atoms with van der Waals surface area (Å²) >= 11 is 0. The quantitative estimate of drug-likeness (QED) is 0.525. The third-order valence-electron chi connectivity index (χ3n) is 5.79. The van der Waals surface area contributed by atoms with E-state index in [0.717, 1.165) is 24.2 Å². The molecule has 8 nitrogen and oxygen atoms in total. The van der Waals surface area contributed by atoms with Crippen molar-refractivity contribution in [3.05, 3.63) is 77.5 Å². The number of aryl methyl sites for hydroxylation is 1. The predicted molar refractivity (Wildman–Crippen MR) is 119 cm³/mol. The smallest absolute Gasteiger partial charge is 0.254 e. The van der Waals surface area contributed by atoms with Crippen LogP contribution in [0.15, 0.2) is 59.3 Å². The molecule has 2 amide bonds. The maximum Gasteiger partial charge on any atom is 0.254 e. The van der Waals surface area contributed by atoms with Gasteiger partial charge in [0.1, 0.15) is 18.1 Å². The van der Waals surface area contributed by atoms with E-state index in [4.69, 9.17) is 13.9 Å². The van der Waals surface area contributed by atoms with Crippen LogP contribution in [0.25, 0.3) is 0 Å². The Morgan fingerprint density at radius 3 is 2.52 bits per heavy atom. The van der Waals surface area contributed by atoms with Gasteiger partial charge in [0.15, 0.2) is 11.5 Å². The number of carbonyl (C=O) groups excluding carboxylic acids is 2. The number of rotatable bonds is 8. The van der Waals surface area contributed by atoms with Gasteiger partial charge >= 0.3 is 0 Å². The number of fused-ring (bicyclic) bond motifs is 1. The van der Waals surface area contributed by atoms with Crippen LogP contribution in [0.2, 0.25) is 0 Å². The first-order valence-corrected chi connectivity index (χ1v) is 11.0. The molecule has 0 unspecified atom stereocenters. The topological polar surface area (TPSA) is 85.1 Å². The number of carbonyl (C=O) groups is 2. The summed E-state index contributed by atoms with van der Waals surface area (Å²) in [7, 11) is 0. The zero-order valence-corrected chi connectivity index (χ0v) is 18.4. The molecule has 0 N–H and O–H groups in total. The van der Waals surface area contributed by atoms with Crippen molar-refractivity contribution >= 4 is 11.8 Å². The molecule has 1 aliphatic carbocycles. The third-order valence-corrected chi connectivity index (χ3v) is 5.79. The van der Waals surface area contributed by atoms with Gasteiger partial charge in [0.05, 0.1) is 6.54 Å². The average Bonchev–Trinajstić information content (AvgIpc) is 3.42. The van der Waals surface area contributed by atoms with E-state index < -0.39 is 0 Å². The molecule has 0 bridgehead atoms. The van der Waals surface area contributed by atoms with Gasteiger partial charge in [-0.05, 0) is 61.7 Å². The van der Waals surface area contributed by atoms with Gasteiger partial charge in [0, 0.05) is 30.5 Å². The molecule has 2 aliphatic rings. The van der Waals surface area contributed by atoms with Gasteiger partial charge < -0.3 is 23.7 Å². The van der Waals surface area contributed by atoms with E-state index in [1.165, 1.54) is 0 Å². The fourth-order valence-corrected chi connectivity index (χ4v) is 3.91. The molecule has 8 heteroatoms. The summed E-state index contributed by atoms with van der Waals surface area (Å²) in [5.41, 5.74) is 1.45. The van der Waals surface area contributed by atoms with Crippen LogP contribution in [-0.4, -0.2) is 46.0 Å². The number of ether oxygens (including phenoxy) is 2.